The van der Waals surface area contributed by atoms with E-state index >= 15 is 0 Å². The highest BCUT2D eigenvalue weighted by molar-refractivity contribution is 5.69. The summed E-state index contributed by atoms with van der Waals surface area (Å²) in [6, 6.07) is 7.41. The molecule has 0 heterocycles. The maximum atomic E-state index is 11.1. The third kappa shape index (κ3) is 5.12. The number of hydrogen-bond acceptors (Lipinski definition) is 4. The number of hydrogen-bond donors (Lipinski definition) is 2. The highest BCUT2D eigenvalue weighted by atomic mass is 16.5. The molecular weight excluding hydrogens is 220 g/mol. The maximum absolute atomic E-state index is 11.1. The fraction of sp³-hybridized carbons (Fsp3) is 0.333. The molecule has 92 valence electrons. The third-order valence-corrected chi connectivity index (χ3v) is 2.13. The number of esters is 1. The number of rotatable bonds is 6. The van der Waals surface area contributed by atoms with Gasteiger partial charge < -0.3 is 4.74 Å². The Hall–Kier alpha value is -1.88. The zero-order valence-corrected chi connectivity index (χ0v) is 9.72. The number of aryl methyl sites for hydroxylation is 1. The van der Waals surface area contributed by atoms with Crippen LogP contribution in [-0.2, 0) is 16.0 Å². The normalized spacial score (nSPS) is 10.5. The van der Waals surface area contributed by atoms with Crippen LogP contribution in [0, 0.1) is 0 Å². The van der Waals surface area contributed by atoms with Crippen molar-refractivity contribution in [3.63, 3.8) is 0 Å². The summed E-state index contributed by atoms with van der Waals surface area (Å²) in [5.74, 6) is -0.181. The van der Waals surface area contributed by atoms with Crippen LogP contribution in [0.1, 0.15) is 18.9 Å². The van der Waals surface area contributed by atoms with Crippen molar-refractivity contribution in [1.82, 2.24) is 5.48 Å². The van der Waals surface area contributed by atoms with Gasteiger partial charge in [0.1, 0.15) is 6.34 Å². The summed E-state index contributed by atoms with van der Waals surface area (Å²) in [6.07, 6.45) is 2.23. The summed E-state index contributed by atoms with van der Waals surface area (Å²) >= 11 is 0. The number of benzene rings is 1. The van der Waals surface area contributed by atoms with Crippen molar-refractivity contribution in [2.24, 2.45) is 4.99 Å². The first kappa shape index (κ1) is 13.2. The van der Waals surface area contributed by atoms with Crippen molar-refractivity contribution in [1.29, 1.82) is 0 Å². The van der Waals surface area contributed by atoms with E-state index in [1.54, 1.807) is 6.92 Å². The minimum Gasteiger partial charge on any atom is -0.466 e. The Morgan fingerprint density at radius 2 is 2.18 bits per heavy atom. The molecule has 17 heavy (non-hydrogen) atoms. The van der Waals surface area contributed by atoms with Gasteiger partial charge in [0, 0.05) is 6.42 Å². The molecule has 5 nitrogen and oxygen atoms in total. The van der Waals surface area contributed by atoms with Crippen molar-refractivity contribution in [2.75, 3.05) is 6.61 Å². The van der Waals surface area contributed by atoms with Crippen LogP contribution in [0.25, 0.3) is 0 Å². The molecule has 0 saturated carbocycles. The molecule has 1 aromatic rings. The molecule has 0 atom stereocenters. The van der Waals surface area contributed by atoms with Gasteiger partial charge in [0.2, 0.25) is 0 Å². The number of carbonyl (C=O) groups excluding carboxylic acids is 1. The van der Waals surface area contributed by atoms with Crippen LogP contribution in [0.2, 0.25) is 0 Å². The summed E-state index contributed by atoms with van der Waals surface area (Å²) < 4.78 is 4.84. The van der Waals surface area contributed by atoms with Crippen LogP contribution in [0.3, 0.4) is 0 Å². The standard InChI is InChI=1S/C12H16N2O3/c1-2-17-12(15)8-5-10-3-6-11(7-4-10)13-9-14-16/h3-4,6-7,9,16H,2,5,8H2,1H3,(H,13,14). The Bertz CT molecular complexity index is 374. The average Bonchev–Trinajstić information content (AvgIpc) is 2.35. The molecule has 0 amide bonds. The van der Waals surface area contributed by atoms with Gasteiger partial charge in [0.25, 0.3) is 0 Å². The van der Waals surface area contributed by atoms with E-state index in [1.165, 1.54) is 6.34 Å². The van der Waals surface area contributed by atoms with Crippen molar-refractivity contribution in [2.45, 2.75) is 19.8 Å². The SMILES string of the molecule is CCOC(=O)CCc1ccc(N=CNO)cc1. The van der Waals surface area contributed by atoms with Crippen LogP contribution in [0.5, 0.6) is 0 Å². The van der Waals surface area contributed by atoms with Crippen molar-refractivity contribution < 1.29 is 14.7 Å². The molecule has 0 saturated heterocycles. The summed E-state index contributed by atoms with van der Waals surface area (Å²) in [5.41, 5.74) is 3.61. The Morgan fingerprint density at radius 1 is 1.47 bits per heavy atom. The van der Waals surface area contributed by atoms with E-state index in [0.29, 0.717) is 19.4 Å². The number of nitrogens with zero attached hydrogens (tertiary/aromatic N) is 1. The van der Waals surface area contributed by atoms with E-state index in [2.05, 4.69) is 4.99 Å². The average molecular weight is 236 g/mol. The van der Waals surface area contributed by atoms with Crippen molar-refractivity contribution >= 4 is 18.0 Å². The topological polar surface area (TPSA) is 70.9 Å². The van der Waals surface area contributed by atoms with E-state index in [9.17, 15) is 4.79 Å². The van der Waals surface area contributed by atoms with Gasteiger partial charge in [-0.05, 0) is 31.0 Å². The quantitative estimate of drug-likeness (QED) is 0.342. The third-order valence-electron chi connectivity index (χ3n) is 2.13. The molecule has 0 aliphatic rings. The maximum Gasteiger partial charge on any atom is 0.306 e. The molecule has 0 aliphatic heterocycles. The molecule has 0 unspecified atom stereocenters. The van der Waals surface area contributed by atoms with Gasteiger partial charge in [0.05, 0.1) is 12.3 Å². The molecule has 0 spiro atoms. The largest absolute Gasteiger partial charge is 0.466 e. The van der Waals surface area contributed by atoms with Crippen molar-refractivity contribution in [3.05, 3.63) is 29.8 Å². The molecule has 0 radical (unpaired) electrons. The van der Waals surface area contributed by atoms with E-state index in [-0.39, 0.29) is 5.97 Å². The number of carbonyl (C=O) groups is 1. The molecule has 0 aliphatic carbocycles. The minimum absolute atomic E-state index is 0.181. The Kier molecular flexibility index (Phi) is 5.74. The zero-order chi connectivity index (χ0) is 12.5. The van der Waals surface area contributed by atoms with Gasteiger partial charge in [-0.25, -0.2) is 4.99 Å². The number of aliphatic imine (C=N–C) groups is 1. The molecule has 1 rings (SSSR count). The van der Waals surface area contributed by atoms with E-state index in [1.807, 2.05) is 29.7 Å². The van der Waals surface area contributed by atoms with E-state index < -0.39 is 0 Å². The lowest BCUT2D eigenvalue weighted by atomic mass is 10.1. The number of hydroxylamine groups is 1. The molecule has 0 fully saturated rings. The van der Waals surface area contributed by atoms with Crippen molar-refractivity contribution in [3.8, 4) is 0 Å². The van der Waals surface area contributed by atoms with Gasteiger partial charge in [-0.3, -0.25) is 15.5 Å². The first-order valence-electron chi connectivity index (χ1n) is 5.43. The highest BCUT2D eigenvalue weighted by Crippen LogP contribution is 2.13. The smallest absolute Gasteiger partial charge is 0.306 e. The van der Waals surface area contributed by atoms with E-state index in [4.69, 9.17) is 9.94 Å². The summed E-state index contributed by atoms with van der Waals surface area (Å²) in [4.78, 5) is 15.1. The summed E-state index contributed by atoms with van der Waals surface area (Å²) in [6.45, 7) is 2.21. The van der Waals surface area contributed by atoms with Gasteiger partial charge in [-0.2, -0.15) is 0 Å². The monoisotopic (exact) mass is 236 g/mol. The Balaban J connectivity index is 2.45. The lowest BCUT2D eigenvalue weighted by molar-refractivity contribution is -0.143. The van der Waals surface area contributed by atoms with Crippen LogP contribution in [0.15, 0.2) is 29.3 Å². The molecule has 0 aromatic heterocycles. The van der Waals surface area contributed by atoms with Crippen LogP contribution < -0.4 is 5.48 Å². The van der Waals surface area contributed by atoms with Gasteiger partial charge >= 0.3 is 5.97 Å². The lowest BCUT2D eigenvalue weighted by Gasteiger charge is -2.02. The van der Waals surface area contributed by atoms with E-state index in [0.717, 1.165) is 11.3 Å². The molecule has 0 bridgehead atoms. The Labute approximate surface area is 100 Å². The fourth-order valence-corrected chi connectivity index (χ4v) is 1.33. The number of ether oxygens (including phenoxy) is 1. The highest BCUT2D eigenvalue weighted by Gasteiger charge is 2.02. The van der Waals surface area contributed by atoms with Crippen LogP contribution in [0.4, 0.5) is 5.69 Å². The minimum atomic E-state index is -0.181. The molecule has 2 N–H and O–H groups in total. The first-order chi connectivity index (χ1) is 8.26. The lowest BCUT2D eigenvalue weighted by Crippen LogP contribution is -2.05. The van der Waals surface area contributed by atoms with Crippen LogP contribution >= 0.6 is 0 Å². The summed E-state index contributed by atoms with van der Waals surface area (Å²) in [7, 11) is 0. The van der Waals surface area contributed by atoms with Gasteiger partial charge in [-0.15, -0.1) is 0 Å². The first-order valence-corrected chi connectivity index (χ1v) is 5.43. The molecular formula is C12H16N2O3. The second-order valence-corrected chi connectivity index (χ2v) is 3.36. The fourth-order valence-electron chi connectivity index (χ4n) is 1.33. The number of nitrogens with one attached hydrogen (secondary N) is 1. The predicted octanol–water partition coefficient (Wildman–Crippen LogP) is 1.82. The molecule has 5 heteroatoms. The zero-order valence-electron chi connectivity index (χ0n) is 9.72. The Morgan fingerprint density at radius 3 is 2.76 bits per heavy atom. The second kappa shape index (κ2) is 7.40. The van der Waals surface area contributed by atoms with Gasteiger partial charge in [-0.1, -0.05) is 12.1 Å². The second-order valence-electron chi connectivity index (χ2n) is 3.36. The van der Waals surface area contributed by atoms with Crippen LogP contribution in [-0.4, -0.2) is 24.1 Å². The predicted molar refractivity (Wildman–Crippen MR) is 64.5 cm³/mol. The summed E-state index contributed by atoms with van der Waals surface area (Å²) in [5, 5.41) is 8.33. The van der Waals surface area contributed by atoms with Gasteiger partial charge in [0.15, 0.2) is 0 Å². The molecule has 1 aromatic carbocycles.